The van der Waals surface area contributed by atoms with Gasteiger partial charge in [-0.3, -0.25) is 0 Å². The van der Waals surface area contributed by atoms with Crippen molar-refractivity contribution in [2.24, 2.45) is 0 Å². The van der Waals surface area contributed by atoms with Crippen LogP contribution in [0.1, 0.15) is 26.3 Å². The van der Waals surface area contributed by atoms with E-state index in [4.69, 9.17) is 4.74 Å². The van der Waals surface area contributed by atoms with E-state index in [0.717, 1.165) is 0 Å². The van der Waals surface area contributed by atoms with E-state index in [1.807, 2.05) is 26.8 Å². The molecule has 0 aliphatic heterocycles. The number of phenolic OH excluding ortho intramolecular Hbond substituents is 1. The van der Waals surface area contributed by atoms with Gasteiger partial charge in [-0.25, -0.2) is 0 Å². The number of benzene rings is 1. The van der Waals surface area contributed by atoms with E-state index in [0.29, 0.717) is 17.9 Å². The van der Waals surface area contributed by atoms with Crippen molar-refractivity contribution in [2.75, 3.05) is 13.2 Å². The van der Waals surface area contributed by atoms with Crippen LogP contribution < -0.4 is 4.74 Å². The summed E-state index contributed by atoms with van der Waals surface area (Å²) in [5.74, 6) is 0.593. The number of phenols is 1. The van der Waals surface area contributed by atoms with Gasteiger partial charge >= 0.3 is 0 Å². The molecule has 0 heterocycles. The number of aliphatic hydroxyl groups is 1. The summed E-state index contributed by atoms with van der Waals surface area (Å²) in [6.45, 7) is 6.10. The monoisotopic (exact) mass is 210 g/mol. The van der Waals surface area contributed by atoms with Crippen molar-refractivity contribution in [3.8, 4) is 11.5 Å². The van der Waals surface area contributed by atoms with Crippen molar-refractivity contribution in [3.05, 3.63) is 23.8 Å². The summed E-state index contributed by atoms with van der Waals surface area (Å²) >= 11 is 0. The van der Waals surface area contributed by atoms with Crippen LogP contribution >= 0.6 is 0 Å². The van der Waals surface area contributed by atoms with Crippen LogP contribution in [0.25, 0.3) is 0 Å². The average molecular weight is 210 g/mol. The third kappa shape index (κ3) is 2.42. The Morgan fingerprint density at radius 2 is 2.00 bits per heavy atom. The Kier molecular flexibility index (Phi) is 3.58. The second-order valence-electron chi connectivity index (χ2n) is 4.13. The van der Waals surface area contributed by atoms with Crippen molar-refractivity contribution in [2.45, 2.75) is 26.2 Å². The van der Waals surface area contributed by atoms with Gasteiger partial charge in [0.05, 0.1) is 13.2 Å². The van der Waals surface area contributed by atoms with Crippen LogP contribution in [0.2, 0.25) is 0 Å². The molecule has 0 bridgehead atoms. The smallest absolute Gasteiger partial charge is 0.161 e. The van der Waals surface area contributed by atoms with Crippen LogP contribution in [0, 0.1) is 0 Å². The molecular formula is C12H18O3. The van der Waals surface area contributed by atoms with E-state index in [1.165, 1.54) is 0 Å². The van der Waals surface area contributed by atoms with E-state index >= 15 is 0 Å². The van der Waals surface area contributed by atoms with E-state index in [9.17, 15) is 10.2 Å². The Balaban J connectivity index is 3.15. The summed E-state index contributed by atoms with van der Waals surface area (Å²) in [6.07, 6.45) is 0. The number of para-hydroxylation sites is 1. The Morgan fingerprint density at radius 3 is 2.53 bits per heavy atom. The second kappa shape index (κ2) is 4.53. The third-order valence-electron chi connectivity index (χ3n) is 2.42. The Bertz CT molecular complexity index is 332. The number of hydrogen-bond donors (Lipinski definition) is 2. The Morgan fingerprint density at radius 1 is 1.33 bits per heavy atom. The lowest BCUT2D eigenvalue weighted by molar-refractivity contribution is 0.214. The molecule has 0 atom stereocenters. The van der Waals surface area contributed by atoms with Gasteiger partial charge in [-0.15, -0.1) is 0 Å². The molecule has 0 unspecified atom stereocenters. The van der Waals surface area contributed by atoms with Crippen molar-refractivity contribution in [1.82, 2.24) is 0 Å². The lowest BCUT2D eigenvalue weighted by atomic mass is 9.85. The predicted octanol–water partition coefficient (Wildman–Crippen LogP) is 2.06. The first-order chi connectivity index (χ1) is 7.03. The Labute approximate surface area is 90.3 Å². The molecule has 1 aromatic carbocycles. The molecule has 1 rings (SSSR count). The molecule has 0 radical (unpaired) electrons. The molecule has 0 saturated carbocycles. The first-order valence-electron chi connectivity index (χ1n) is 5.09. The first kappa shape index (κ1) is 11.9. The van der Waals surface area contributed by atoms with Gasteiger partial charge in [-0.2, -0.15) is 0 Å². The third-order valence-corrected chi connectivity index (χ3v) is 2.42. The molecule has 0 spiro atoms. The maximum absolute atomic E-state index is 9.95. The molecule has 3 nitrogen and oxygen atoms in total. The van der Waals surface area contributed by atoms with E-state index in [-0.39, 0.29) is 12.4 Å². The lowest BCUT2D eigenvalue weighted by Crippen LogP contribution is -2.22. The minimum absolute atomic E-state index is 0.0177. The van der Waals surface area contributed by atoms with Gasteiger partial charge in [-0.1, -0.05) is 26.0 Å². The summed E-state index contributed by atoms with van der Waals surface area (Å²) in [5, 5.41) is 19.2. The Hall–Kier alpha value is -1.22. The maximum Gasteiger partial charge on any atom is 0.161 e. The molecule has 0 aliphatic rings. The standard InChI is InChI=1S/C12H18O3/c1-4-15-10-7-5-6-9(11(10)14)12(2,3)8-13/h5-7,13-14H,4,8H2,1-3H3. The van der Waals surface area contributed by atoms with Crippen molar-refractivity contribution in [3.63, 3.8) is 0 Å². The van der Waals surface area contributed by atoms with Gasteiger partial charge in [0.15, 0.2) is 11.5 Å². The summed E-state index contributed by atoms with van der Waals surface area (Å²) in [5.41, 5.74) is 0.243. The molecule has 0 fully saturated rings. The number of aromatic hydroxyl groups is 1. The molecule has 2 N–H and O–H groups in total. The van der Waals surface area contributed by atoms with Gasteiger partial charge in [0, 0.05) is 11.0 Å². The lowest BCUT2D eigenvalue weighted by Gasteiger charge is -2.24. The van der Waals surface area contributed by atoms with Gasteiger partial charge in [0.25, 0.3) is 0 Å². The van der Waals surface area contributed by atoms with Crippen LogP contribution in [0.4, 0.5) is 0 Å². The minimum atomic E-state index is -0.461. The molecule has 0 aliphatic carbocycles. The summed E-state index contributed by atoms with van der Waals surface area (Å²) < 4.78 is 5.29. The van der Waals surface area contributed by atoms with Crippen molar-refractivity contribution >= 4 is 0 Å². The van der Waals surface area contributed by atoms with E-state index in [2.05, 4.69) is 0 Å². The molecule has 0 saturated heterocycles. The fourth-order valence-electron chi connectivity index (χ4n) is 1.43. The highest BCUT2D eigenvalue weighted by Crippen LogP contribution is 2.37. The van der Waals surface area contributed by atoms with Gasteiger partial charge < -0.3 is 14.9 Å². The highest BCUT2D eigenvalue weighted by Gasteiger charge is 2.24. The fraction of sp³-hybridized carbons (Fsp3) is 0.500. The van der Waals surface area contributed by atoms with E-state index in [1.54, 1.807) is 12.1 Å². The largest absolute Gasteiger partial charge is 0.504 e. The molecule has 0 aromatic heterocycles. The first-order valence-corrected chi connectivity index (χ1v) is 5.09. The predicted molar refractivity (Wildman–Crippen MR) is 59.4 cm³/mol. The van der Waals surface area contributed by atoms with Crippen LogP contribution in [0.15, 0.2) is 18.2 Å². The van der Waals surface area contributed by atoms with Crippen molar-refractivity contribution < 1.29 is 14.9 Å². The van der Waals surface area contributed by atoms with Gasteiger partial charge in [0.1, 0.15) is 0 Å². The van der Waals surface area contributed by atoms with Crippen LogP contribution in [0.5, 0.6) is 11.5 Å². The number of aliphatic hydroxyl groups excluding tert-OH is 1. The summed E-state index contributed by atoms with van der Waals surface area (Å²) in [4.78, 5) is 0. The highest BCUT2D eigenvalue weighted by molar-refractivity contribution is 5.48. The fourth-order valence-corrected chi connectivity index (χ4v) is 1.43. The topological polar surface area (TPSA) is 49.7 Å². The number of rotatable bonds is 4. The van der Waals surface area contributed by atoms with E-state index < -0.39 is 5.41 Å². The molecular weight excluding hydrogens is 192 g/mol. The molecule has 1 aromatic rings. The maximum atomic E-state index is 9.95. The van der Waals surface area contributed by atoms with Crippen molar-refractivity contribution in [1.29, 1.82) is 0 Å². The van der Waals surface area contributed by atoms with Crippen LogP contribution in [-0.2, 0) is 5.41 Å². The molecule has 84 valence electrons. The summed E-state index contributed by atoms with van der Waals surface area (Å²) in [7, 11) is 0. The second-order valence-corrected chi connectivity index (χ2v) is 4.13. The average Bonchev–Trinajstić information content (AvgIpc) is 2.21. The highest BCUT2D eigenvalue weighted by atomic mass is 16.5. The normalized spacial score (nSPS) is 11.5. The molecule has 0 amide bonds. The van der Waals surface area contributed by atoms with Crippen LogP contribution in [-0.4, -0.2) is 23.4 Å². The van der Waals surface area contributed by atoms with Crippen LogP contribution in [0.3, 0.4) is 0 Å². The van der Waals surface area contributed by atoms with Gasteiger partial charge in [-0.05, 0) is 13.0 Å². The number of ether oxygens (including phenoxy) is 1. The zero-order valence-corrected chi connectivity index (χ0v) is 9.45. The quantitative estimate of drug-likeness (QED) is 0.799. The zero-order chi connectivity index (χ0) is 11.5. The SMILES string of the molecule is CCOc1cccc(C(C)(C)CO)c1O. The number of hydrogen-bond acceptors (Lipinski definition) is 3. The zero-order valence-electron chi connectivity index (χ0n) is 9.45. The molecule has 15 heavy (non-hydrogen) atoms. The van der Waals surface area contributed by atoms with Gasteiger partial charge in [0.2, 0.25) is 0 Å². The minimum Gasteiger partial charge on any atom is -0.504 e. The molecule has 3 heteroatoms. The summed E-state index contributed by atoms with van der Waals surface area (Å²) in [6, 6.07) is 5.33.